The van der Waals surface area contributed by atoms with E-state index in [1.165, 1.54) is 11.3 Å². The normalized spacial score (nSPS) is 27.1. The van der Waals surface area contributed by atoms with E-state index in [1.807, 2.05) is 0 Å². The van der Waals surface area contributed by atoms with Crippen LogP contribution in [-0.4, -0.2) is 37.2 Å². The van der Waals surface area contributed by atoms with E-state index in [-0.39, 0.29) is 6.10 Å². The minimum atomic E-state index is 0.152. The molecule has 1 fully saturated rings. The summed E-state index contributed by atoms with van der Waals surface area (Å²) in [5.74, 6) is 0. The van der Waals surface area contributed by atoms with Crippen LogP contribution in [0.15, 0.2) is 17.5 Å². The Morgan fingerprint density at radius 2 is 2.50 bits per heavy atom. The van der Waals surface area contributed by atoms with Gasteiger partial charge in [-0.1, -0.05) is 13.0 Å². The summed E-state index contributed by atoms with van der Waals surface area (Å²) in [4.78, 5) is 3.89. The van der Waals surface area contributed by atoms with E-state index < -0.39 is 0 Å². The van der Waals surface area contributed by atoms with Crippen molar-refractivity contribution in [1.82, 2.24) is 4.90 Å². The molecule has 2 unspecified atom stereocenters. The van der Waals surface area contributed by atoms with Crippen molar-refractivity contribution in [2.24, 2.45) is 5.73 Å². The van der Waals surface area contributed by atoms with Crippen LogP contribution in [0.2, 0.25) is 0 Å². The predicted molar refractivity (Wildman–Crippen MR) is 67.7 cm³/mol. The Morgan fingerprint density at radius 1 is 1.62 bits per heavy atom. The highest BCUT2D eigenvalue weighted by Gasteiger charge is 2.32. The molecule has 1 aliphatic rings. The second-order valence-corrected chi connectivity index (χ2v) is 5.12. The Hall–Kier alpha value is -0.420. The van der Waals surface area contributed by atoms with E-state index in [2.05, 4.69) is 29.3 Å². The van der Waals surface area contributed by atoms with Crippen LogP contribution < -0.4 is 5.73 Å². The molecule has 1 saturated heterocycles. The van der Waals surface area contributed by atoms with Gasteiger partial charge in [0.2, 0.25) is 0 Å². The maximum absolute atomic E-state index is 5.81. The zero-order chi connectivity index (χ0) is 11.4. The first-order valence-corrected chi connectivity index (χ1v) is 6.84. The molecule has 0 aromatic carbocycles. The second kappa shape index (κ2) is 5.77. The smallest absolute Gasteiger partial charge is 0.0902 e. The lowest BCUT2D eigenvalue weighted by Gasteiger charge is -2.40. The van der Waals surface area contributed by atoms with Crippen molar-refractivity contribution in [1.29, 1.82) is 0 Å². The molecule has 4 heteroatoms. The summed E-state index contributed by atoms with van der Waals surface area (Å²) in [5.41, 5.74) is 5.81. The van der Waals surface area contributed by atoms with Crippen LogP contribution in [0.4, 0.5) is 0 Å². The maximum Gasteiger partial charge on any atom is 0.0902 e. The van der Waals surface area contributed by atoms with E-state index in [9.17, 15) is 0 Å². The van der Waals surface area contributed by atoms with Crippen molar-refractivity contribution < 1.29 is 4.74 Å². The minimum Gasteiger partial charge on any atom is -0.374 e. The highest BCUT2D eigenvalue weighted by atomic mass is 32.1. The third kappa shape index (κ3) is 2.46. The summed E-state index contributed by atoms with van der Waals surface area (Å²) in [7, 11) is 0. The fourth-order valence-electron chi connectivity index (χ4n) is 2.34. The molecular formula is C12H20N2OS. The molecule has 0 bridgehead atoms. The number of ether oxygens (including phenoxy) is 1. The Labute approximate surface area is 101 Å². The van der Waals surface area contributed by atoms with Crippen LogP contribution in [0.25, 0.3) is 0 Å². The number of morpholine rings is 1. The van der Waals surface area contributed by atoms with Crippen LogP contribution in [0.5, 0.6) is 0 Å². The fourth-order valence-corrected chi connectivity index (χ4v) is 3.26. The molecule has 2 atom stereocenters. The molecule has 90 valence electrons. The lowest BCUT2D eigenvalue weighted by Crippen LogP contribution is -2.48. The minimum absolute atomic E-state index is 0.152. The molecule has 1 aromatic heterocycles. The number of hydrogen-bond acceptors (Lipinski definition) is 4. The summed E-state index contributed by atoms with van der Waals surface area (Å²) in [6.07, 6.45) is 1.33. The van der Waals surface area contributed by atoms with Gasteiger partial charge in [-0.25, -0.2) is 0 Å². The third-order valence-corrected chi connectivity index (χ3v) is 3.98. The maximum atomic E-state index is 5.81. The Bertz CT molecular complexity index is 300. The largest absolute Gasteiger partial charge is 0.374 e. The predicted octanol–water partition coefficient (Wildman–Crippen LogP) is 1.86. The second-order valence-electron chi connectivity index (χ2n) is 4.14. The molecule has 0 radical (unpaired) electrons. The summed E-state index contributed by atoms with van der Waals surface area (Å²) >= 11 is 1.80. The van der Waals surface area contributed by atoms with E-state index in [0.29, 0.717) is 12.6 Å². The van der Waals surface area contributed by atoms with E-state index in [0.717, 1.165) is 19.7 Å². The van der Waals surface area contributed by atoms with Gasteiger partial charge in [-0.2, -0.15) is 0 Å². The molecule has 1 aliphatic heterocycles. The molecule has 2 N–H and O–H groups in total. The van der Waals surface area contributed by atoms with Crippen LogP contribution in [0.3, 0.4) is 0 Å². The topological polar surface area (TPSA) is 38.5 Å². The Balaban J connectivity index is 2.17. The Morgan fingerprint density at radius 3 is 3.12 bits per heavy atom. The van der Waals surface area contributed by atoms with Gasteiger partial charge in [0, 0.05) is 18.0 Å². The number of hydrogen-bond donors (Lipinski definition) is 1. The number of thiophene rings is 1. The van der Waals surface area contributed by atoms with Crippen molar-refractivity contribution in [2.45, 2.75) is 25.5 Å². The highest BCUT2D eigenvalue weighted by Crippen LogP contribution is 2.32. The fraction of sp³-hybridized carbons (Fsp3) is 0.667. The van der Waals surface area contributed by atoms with Gasteiger partial charge in [0.05, 0.1) is 18.8 Å². The Kier molecular flexibility index (Phi) is 4.35. The number of rotatable bonds is 4. The van der Waals surface area contributed by atoms with Crippen LogP contribution in [-0.2, 0) is 4.74 Å². The lowest BCUT2D eigenvalue weighted by molar-refractivity contribution is -0.0664. The SMILES string of the molecule is CCCN1CCOC(CN)C1c1cccs1. The lowest BCUT2D eigenvalue weighted by atomic mass is 10.1. The van der Waals surface area contributed by atoms with Gasteiger partial charge in [0.1, 0.15) is 0 Å². The molecule has 16 heavy (non-hydrogen) atoms. The first-order chi connectivity index (χ1) is 7.86. The zero-order valence-corrected chi connectivity index (χ0v) is 10.6. The highest BCUT2D eigenvalue weighted by molar-refractivity contribution is 7.10. The summed E-state index contributed by atoms with van der Waals surface area (Å²) < 4.78 is 5.78. The van der Waals surface area contributed by atoms with Gasteiger partial charge >= 0.3 is 0 Å². The van der Waals surface area contributed by atoms with Crippen molar-refractivity contribution in [2.75, 3.05) is 26.2 Å². The monoisotopic (exact) mass is 240 g/mol. The zero-order valence-electron chi connectivity index (χ0n) is 9.76. The van der Waals surface area contributed by atoms with Crippen LogP contribution in [0, 0.1) is 0 Å². The standard InChI is InChI=1S/C12H20N2OS/c1-2-5-14-6-7-15-10(9-13)12(14)11-4-3-8-16-11/h3-4,8,10,12H,2,5-7,9,13H2,1H3. The number of nitrogens with zero attached hydrogens (tertiary/aromatic N) is 1. The van der Waals surface area contributed by atoms with E-state index in [1.54, 1.807) is 11.3 Å². The molecule has 2 heterocycles. The van der Waals surface area contributed by atoms with Gasteiger partial charge in [-0.15, -0.1) is 11.3 Å². The number of nitrogens with two attached hydrogens (primary N) is 1. The quantitative estimate of drug-likeness (QED) is 0.873. The molecule has 0 aliphatic carbocycles. The first kappa shape index (κ1) is 12.0. The van der Waals surface area contributed by atoms with Gasteiger partial charge < -0.3 is 10.5 Å². The average molecular weight is 240 g/mol. The van der Waals surface area contributed by atoms with E-state index in [4.69, 9.17) is 10.5 Å². The van der Waals surface area contributed by atoms with Crippen molar-refractivity contribution in [3.05, 3.63) is 22.4 Å². The molecule has 2 rings (SSSR count). The molecule has 3 nitrogen and oxygen atoms in total. The van der Waals surface area contributed by atoms with Crippen molar-refractivity contribution in [3.8, 4) is 0 Å². The summed E-state index contributed by atoms with van der Waals surface area (Å²) in [6, 6.07) is 4.65. The van der Waals surface area contributed by atoms with Crippen LogP contribution in [0.1, 0.15) is 24.3 Å². The van der Waals surface area contributed by atoms with Gasteiger partial charge in [0.25, 0.3) is 0 Å². The summed E-state index contributed by atoms with van der Waals surface area (Å²) in [6.45, 7) is 5.78. The van der Waals surface area contributed by atoms with Crippen molar-refractivity contribution >= 4 is 11.3 Å². The molecule has 0 amide bonds. The van der Waals surface area contributed by atoms with Gasteiger partial charge in [-0.05, 0) is 24.4 Å². The molecule has 0 spiro atoms. The van der Waals surface area contributed by atoms with Crippen LogP contribution >= 0.6 is 11.3 Å². The van der Waals surface area contributed by atoms with E-state index >= 15 is 0 Å². The first-order valence-electron chi connectivity index (χ1n) is 5.96. The third-order valence-electron chi connectivity index (χ3n) is 3.03. The van der Waals surface area contributed by atoms with Gasteiger partial charge in [0.15, 0.2) is 0 Å². The van der Waals surface area contributed by atoms with Crippen molar-refractivity contribution in [3.63, 3.8) is 0 Å². The van der Waals surface area contributed by atoms with Gasteiger partial charge in [-0.3, -0.25) is 4.90 Å². The molecule has 0 saturated carbocycles. The molecule has 1 aromatic rings. The average Bonchev–Trinajstić information content (AvgIpc) is 2.82. The summed E-state index contributed by atoms with van der Waals surface area (Å²) in [5, 5.41) is 2.13. The molecular weight excluding hydrogens is 220 g/mol.